The monoisotopic (exact) mass is 299 g/mol. The number of nitrogens with one attached hydrogen (secondary N) is 1. The van der Waals surface area contributed by atoms with Gasteiger partial charge in [-0.05, 0) is 34.1 Å². The van der Waals surface area contributed by atoms with E-state index in [0.29, 0.717) is 11.3 Å². The van der Waals surface area contributed by atoms with E-state index in [1.807, 2.05) is 0 Å². The molecule has 1 rings (SSSR count). The van der Waals surface area contributed by atoms with Crippen LogP contribution in [-0.4, -0.2) is 44.3 Å². The van der Waals surface area contributed by atoms with Gasteiger partial charge >= 0.3 is 6.09 Å². The smallest absolute Gasteiger partial charge is 0.407 e. The number of aromatic nitrogens is 2. The highest BCUT2D eigenvalue weighted by Gasteiger charge is 2.22. The predicted octanol–water partition coefficient (Wildman–Crippen LogP) is 1.04. The van der Waals surface area contributed by atoms with Crippen molar-refractivity contribution < 1.29 is 19.7 Å². The third kappa shape index (κ3) is 5.73. The van der Waals surface area contributed by atoms with Crippen molar-refractivity contribution in [3.8, 4) is 0 Å². The second-order valence-electron chi connectivity index (χ2n) is 6.07. The lowest BCUT2D eigenvalue weighted by molar-refractivity contribution is 0.0119. The van der Waals surface area contributed by atoms with E-state index in [1.54, 1.807) is 45.6 Å². The fourth-order valence-electron chi connectivity index (χ4n) is 1.91. The summed E-state index contributed by atoms with van der Waals surface area (Å²) < 4.78 is 6.66. The first-order valence-corrected chi connectivity index (χ1v) is 6.93. The average molecular weight is 299 g/mol. The lowest BCUT2D eigenvalue weighted by Crippen LogP contribution is -2.34. The summed E-state index contributed by atoms with van der Waals surface area (Å²) in [5.74, 6) is 0. The van der Waals surface area contributed by atoms with Crippen molar-refractivity contribution >= 4 is 6.09 Å². The molecule has 2 atom stereocenters. The number of ether oxygens (including phenoxy) is 1. The molecule has 7 nitrogen and oxygen atoms in total. The molecule has 0 aromatic carbocycles. The molecular formula is C14H25N3O4. The van der Waals surface area contributed by atoms with Crippen molar-refractivity contribution in [1.29, 1.82) is 0 Å². The van der Waals surface area contributed by atoms with Crippen LogP contribution in [0.1, 0.15) is 44.6 Å². The van der Waals surface area contributed by atoms with Crippen molar-refractivity contribution in [1.82, 2.24) is 15.1 Å². The van der Waals surface area contributed by atoms with E-state index >= 15 is 0 Å². The molecule has 0 aliphatic heterocycles. The zero-order valence-corrected chi connectivity index (χ0v) is 13.3. The van der Waals surface area contributed by atoms with Crippen molar-refractivity contribution in [3.05, 3.63) is 17.5 Å². The van der Waals surface area contributed by atoms with Crippen LogP contribution in [-0.2, 0) is 11.8 Å². The maximum absolute atomic E-state index is 11.4. The lowest BCUT2D eigenvalue weighted by Gasteiger charge is -2.21. The minimum Gasteiger partial charge on any atom is -0.444 e. The number of hydrogen-bond donors (Lipinski definition) is 3. The summed E-state index contributed by atoms with van der Waals surface area (Å²) >= 11 is 0. The van der Waals surface area contributed by atoms with Crippen molar-refractivity contribution in [3.63, 3.8) is 0 Å². The maximum atomic E-state index is 11.4. The summed E-state index contributed by atoms with van der Waals surface area (Å²) in [5.41, 5.74) is 0.695. The number of carbonyl (C=O) groups is 1. The summed E-state index contributed by atoms with van der Waals surface area (Å²) in [5, 5.41) is 26.7. The summed E-state index contributed by atoms with van der Waals surface area (Å²) in [6.07, 6.45) is -0.664. The first-order chi connectivity index (χ1) is 9.60. The lowest BCUT2D eigenvalue weighted by atomic mass is 10.0. The molecule has 0 bridgehead atoms. The Morgan fingerprint density at radius 3 is 2.57 bits per heavy atom. The van der Waals surface area contributed by atoms with Gasteiger partial charge in [0.05, 0.1) is 11.8 Å². The van der Waals surface area contributed by atoms with E-state index in [2.05, 4.69) is 10.4 Å². The number of amides is 1. The van der Waals surface area contributed by atoms with Gasteiger partial charge in [-0.25, -0.2) is 4.79 Å². The number of carbonyl (C=O) groups excluding carboxylic acids is 1. The topological polar surface area (TPSA) is 96.6 Å². The van der Waals surface area contributed by atoms with Gasteiger partial charge in [0.2, 0.25) is 0 Å². The number of nitrogens with zero attached hydrogens (tertiary/aromatic N) is 2. The summed E-state index contributed by atoms with van der Waals surface area (Å²) in [7, 11) is 1.75. The van der Waals surface area contributed by atoms with Gasteiger partial charge in [-0.15, -0.1) is 0 Å². The number of aliphatic hydroxyl groups is 2. The zero-order chi connectivity index (χ0) is 16.2. The quantitative estimate of drug-likeness (QED) is 0.755. The Bertz CT molecular complexity index is 479. The second-order valence-corrected chi connectivity index (χ2v) is 6.07. The molecule has 0 aliphatic carbocycles. The highest BCUT2D eigenvalue weighted by molar-refractivity contribution is 5.67. The Morgan fingerprint density at radius 1 is 1.48 bits per heavy atom. The number of aliphatic hydroxyl groups excluding tert-OH is 2. The molecule has 3 N–H and O–H groups in total. The van der Waals surface area contributed by atoms with Crippen LogP contribution < -0.4 is 5.32 Å². The molecule has 0 fully saturated rings. The molecule has 1 heterocycles. The third-order valence-electron chi connectivity index (χ3n) is 2.84. The number of hydrogen-bond acceptors (Lipinski definition) is 5. The van der Waals surface area contributed by atoms with Gasteiger partial charge in [0, 0.05) is 25.4 Å². The SMILES string of the molecule is Cc1nn(C)cc1C(O)C(O)CCNC(=O)OC(C)(C)C. The van der Waals surface area contributed by atoms with Gasteiger partial charge in [-0.2, -0.15) is 5.10 Å². The molecule has 21 heavy (non-hydrogen) atoms. The van der Waals surface area contributed by atoms with Crippen LogP contribution in [0.4, 0.5) is 4.79 Å². The third-order valence-corrected chi connectivity index (χ3v) is 2.84. The molecule has 2 unspecified atom stereocenters. The Morgan fingerprint density at radius 2 is 2.10 bits per heavy atom. The van der Waals surface area contributed by atoms with Crippen molar-refractivity contribution in [2.75, 3.05) is 6.54 Å². The highest BCUT2D eigenvalue weighted by Crippen LogP contribution is 2.21. The van der Waals surface area contributed by atoms with E-state index in [0.717, 1.165) is 0 Å². The fraction of sp³-hybridized carbons (Fsp3) is 0.714. The number of rotatable bonds is 5. The summed E-state index contributed by atoms with van der Waals surface area (Å²) in [6, 6.07) is 0. The zero-order valence-electron chi connectivity index (χ0n) is 13.3. The molecule has 7 heteroatoms. The normalized spacial score (nSPS) is 14.6. The van der Waals surface area contributed by atoms with Gasteiger partial charge in [0.15, 0.2) is 0 Å². The molecule has 0 aliphatic rings. The fourth-order valence-corrected chi connectivity index (χ4v) is 1.91. The molecule has 0 saturated heterocycles. The molecule has 1 aromatic heterocycles. The molecule has 120 valence electrons. The van der Waals surface area contributed by atoms with Crippen LogP contribution in [0.25, 0.3) is 0 Å². The molecule has 1 aromatic rings. The Kier molecular flexibility index (Phi) is 5.74. The van der Waals surface area contributed by atoms with Crippen LogP contribution in [0, 0.1) is 6.92 Å². The first kappa shape index (κ1) is 17.5. The summed E-state index contributed by atoms with van der Waals surface area (Å²) in [4.78, 5) is 11.4. The summed E-state index contributed by atoms with van der Waals surface area (Å²) in [6.45, 7) is 7.31. The van der Waals surface area contributed by atoms with Crippen LogP contribution in [0.2, 0.25) is 0 Å². The van der Waals surface area contributed by atoms with Crippen LogP contribution in [0.3, 0.4) is 0 Å². The first-order valence-electron chi connectivity index (χ1n) is 6.93. The van der Waals surface area contributed by atoms with Gasteiger partial charge in [-0.1, -0.05) is 0 Å². The highest BCUT2D eigenvalue weighted by atomic mass is 16.6. The van der Waals surface area contributed by atoms with Gasteiger partial charge in [0.25, 0.3) is 0 Å². The minimum absolute atomic E-state index is 0.215. The number of aryl methyl sites for hydroxylation is 2. The largest absolute Gasteiger partial charge is 0.444 e. The van der Waals surface area contributed by atoms with E-state index in [1.165, 1.54) is 0 Å². The Labute approximate surface area is 124 Å². The second kappa shape index (κ2) is 6.91. The molecule has 1 amide bonds. The Hall–Kier alpha value is -1.60. The van der Waals surface area contributed by atoms with Crippen LogP contribution >= 0.6 is 0 Å². The Balaban J connectivity index is 2.42. The van der Waals surface area contributed by atoms with E-state index in [9.17, 15) is 15.0 Å². The predicted molar refractivity (Wildman–Crippen MR) is 77.8 cm³/mol. The minimum atomic E-state index is -1.03. The van der Waals surface area contributed by atoms with Crippen LogP contribution in [0.15, 0.2) is 6.20 Å². The standard InChI is InChI=1S/C14H25N3O4/c1-9-10(8-17(5)16-9)12(19)11(18)6-7-15-13(20)21-14(2,3)4/h8,11-12,18-19H,6-7H2,1-5H3,(H,15,20). The van der Waals surface area contributed by atoms with E-state index in [4.69, 9.17) is 4.74 Å². The van der Waals surface area contributed by atoms with Crippen LogP contribution in [0.5, 0.6) is 0 Å². The van der Waals surface area contributed by atoms with E-state index in [-0.39, 0.29) is 13.0 Å². The molecule has 0 saturated carbocycles. The van der Waals surface area contributed by atoms with E-state index < -0.39 is 23.9 Å². The number of alkyl carbamates (subject to hydrolysis) is 1. The van der Waals surface area contributed by atoms with Crippen molar-refractivity contribution in [2.45, 2.75) is 51.9 Å². The maximum Gasteiger partial charge on any atom is 0.407 e. The van der Waals surface area contributed by atoms with Crippen molar-refractivity contribution in [2.24, 2.45) is 7.05 Å². The van der Waals surface area contributed by atoms with Gasteiger partial charge < -0.3 is 20.3 Å². The molecule has 0 radical (unpaired) electrons. The molecule has 0 spiro atoms. The van der Waals surface area contributed by atoms with Gasteiger partial charge in [0.1, 0.15) is 11.7 Å². The average Bonchev–Trinajstić information content (AvgIpc) is 2.65. The van der Waals surface area contributed by atoms with Gasteiger partial charge in [-0.3, -0.25) is 4.68 Å². The molecular weight excluding hydrogens is 274 g/mol.